The van der Waals surface area contributed by atoms with Gasteiger partial charge in [0.15, 0.2) is 0 Å². The molecule has 2 aliphatic carbocycles. The summed E-state index contributed by atoms with van der Waals surface area (Å²) in [6.07, 6.45) is 4.96. The number of benzene rings is 1. The number of nitrogens with zero attached hydrogens (tertiary/aromatic N) is 1. The zero-order valence-electron chi connectivity index (χ0n) is 10.7. The van der Waals surface area contributed by atoms with Crippen LogP contribution < -0.4 is 0 Å². The Bertz CT molecular complexity index is 474. The second-order valence-corrected chi connectivity index (χ2v) is 6.51. The Morgan fingerprint density at radius 3 is 2.47 bits per heavy atom. The molecule has 19 heavy (non-hydrogen) atoms. The number of carbonyl (C=O) groups excluding carboxylic acids is 1. The summed E-state index contributed by atoms with van der Waals surface area (Å²) in [5.74, 6) is 1.46. The Morgan fingerprint density at radius 2 is 1.95 bits per heavy atom. The van der Waals surface area contributed by atoms with E-state index >= 15 is 0 Å². The summed E-state index contributed by atoms with van der Waals surface area (Å²) in [4.78, 5) is 13.6. The van der Waals surface area contributed by atoms with E-state index in [9.17, 15) is 4.79 Å². The number of carbonyl (C=O) groups is 1. The fourth-order valence-corrected chi connectivity index (χ4v) is 4.00. The first-order valence-electron chi connectivity index (χ1n) is 6.84. The number of hydrogen-bond acceptors (Lipinski definition) is 1. The van der Waals surface area contributed by atoms with Gasteiger partial charge in [0, 0.05) is 17.6 Å². The van der Waals surface area contributed by atoms with Crippen LogP contribution in [0.2, 0.25) is 5.02 Å². The number of amides is 1. The quantitative estimate of drug-likeness (QED) is 0.585. The molecule has 3 unspecified atom stereocenters. The highest BCUT2D eigenvalue weighted by atomic mass is 35.5. The molecule has 0 aromatic heterocycles. The molecule has 1 amide bonds. The molecule has 2 bridgehead atoms. The Balaban J connectivity index is 1.74. The molecule has 0 saturated heterocycles. The second-order valence-electron chi connectivity index (χ2n) is 5.75. The Hall–Kier alpha value is -0.730. The summed E-state index contributed by atoms with van der Waals surface area (Å²) in [5, 5.41) is 0.389. The van der Waals surface area contributed by atoms with E-state index in [1.54, 1.807) is 0 Å². The molecule has 0 aliphatic heterocycles. The Kier molecular flexibility index (Phi) is 3.72. The van der Waals surface area contributed by atoms with Gasteiger partial charge in [0.2, 0.25) is 0 Å². The van der Waals surface area contributed by atoms with Gasteiger partial charge < -0.3 is 4.90 Å². The molecular weight excluding hydrogens is 281 g/mol. The standard InChI is InChI=1S/C15H17Cl2NO/c16-13-5-2-10(3-6-13)9-18(15(17)19)14-8-11-1-4-12(14)7-11/h2-3,5-6,11-12,14H,1,4,7-9H2. The van der Waals surface area contributed by atoms with Crippen molar-refractivity contribution in [3.63, 3.8) is 0 Å². The number of rotatable bonds is 3. The zero-order valence-corrected chi connectivity index (χ0v) is 12.2. The summed E-state index contributed by atoms with van der Waals surface area (Å²) in [6, 6.07) is 7.97. The summed E-state index contributed by atoms with van der Waals surface area (Å²) in [6.45, 7) is 0.591. The van der Waals surface area contributed by atoms with E-state index in [2.05, 4.69) is 0 Å². The lowest BCUT2D eigenvalue weighted by Crippen LogP contribution is -2.40. The predicted octanol–water partition coefficient (Wildman–Crippen LogP) is 4.69. The van der Waals surface area contributed by atoms with E-state index in [0.29, 0.717) is 23.5 Å². The largest absolute Gasteiger partial charge is 0.322 e. The van der Waals surface area contributed by atoms with Crippen LogP contribution in [0.15, 0.2) is 24.3 Å². The number of fused-ring (bicyclic) bond motifs is 2. The maximum Gasteiger partial charge on any atom is 0.316 e. The van der Waals surface area contributed by atoms with E-state index < -0.39 is 0 Å². The van der Waals surface area contributed by atoms with E-state index in [4.69, 9.17) is 23.2 Å². The summed E-state index contributed by atoms with van der Waals surface area (Å²) < 4.78 is 0. The van der Waals surface area contributed by atoms with E-state index in [1.165, 1.54) is 19.3 Å². The van der Waals surface area contributed by atoms with E-state index in [1.807, 2.05) is 29.2 Å². The van der Waals surface area contributed by atoms with Crippen LogP contribution in [0.4, 0.5) is 4.79 Å². The van der Waals surface area contributed by atoms with Gasteiger partial charge in [-0.3, -0.25) is 4.79 Å². The van der Waals surface area contributed by atoms with Crippen LogP contribution in [0.5, 0.6) is 0 Å². The van der Waals surface area contributed by atoms with Gasteiger partial charge in [0.1, 0.15) is 0 Å². The fourth-order valence-electron chi connectivity index (χ4n) is 3.69. The van der Waals surface area contributed by atoms with Crippen molar-refractivity contribution in [2.24, 2.45) is 11.8 Å². The maximum absolute atomic E-state index is 11.7. The van der Waals surface area contributed by atoms with Gasteiger partial charge in [0.05, 0.1) is 0 Å². The average Bonchev–Trinajstić information content (AvgIpc) is 3.00. The van der Waals surface area contributed by atoms with Crippen molar-refractivity contribution in [1.29, 1.82) is 0 Å². The third-order valence-electron chi connectivity index (χ3n) is 4.59. The highest BCUT2D eigenvalue weighted by Gasteiger charge is 2.43. The summed E-state index contributed by atoms with van der Waals surface area (Å²) in [5.41, 5.74) is 1.08. The fraction of sp³-hybridized carbons (Fsp3) is 0.533. The summed E-state index contributed by atoms with van der Waals surface area (Å²) >= 11 is 11.7. The normalized spacial score (nSPS) is 28.6. The third kappa shape index (κ3) is 2.75. The Morgan fingerprint density at radius 1 is 1.21 bits per heavy atom. The van der Waals surface area contributed by atoms with Gasteiger partial charge in [-0.2, -0.15) is 0 Å². The SMILES string of the molecule is O=C(Cl)N(Cc1ccc(Cl)cc1)C1CC2CCC1C2. The molecule has 102 valence electrons. The lowest BCUT2D eigenvalue weighted by Gasteiger charge is -2.33. The van der Waals surface area contributed by atoms with Crippen molar-refractivity contribution in [2.45, 2.75) is 38.3 Å². The first-order chi connectivity index (χ1) is 9.13. The lowest BCUT2D eigenvalue weighted by molar-refractivity contribution is 0.162. The van der Waals surface area contributed by atoms with E-state index in [-0.39, 0.29) is 5.37 Å². The van der Waals surface area contributed by atoms with Crippen molar-refractivity contribution < 1.29 is 4.79 Å². The van der Waals surface area contributed by atoms with Gasteiger partial charge in [-0.25, -0.2) is 0 Å². The minimum Gasteiger partial charge on any atom is -0.322 e. The van der Waals surface area contributed by atoms with Crippen molar-refractivity contribution >= 4 is 28.6 Å². The summed E-state index contributed by atoms with van der Waals surface area (Å²) in [7, 11) is 0. The average molecular weight is 298 g/mol. The molecule has 0 heterocycles. The molecule has 0 radical (unpaired) electrons. The van der Waals surface area contributed by atoms with Gasteiger partial charge in [0.25, 0.3) is 0 Å². The molecule has 1 aromatic rings. The molecule has 3 atom stereocenters. The first kappa shape index (κ1) is 13.3. The molecule has 3 rings (SSSR count). The molecule has 1 aromatic carbocycles. The van der Waals surface area contributed by atoms with E-state index in [0.717, 1.165) is 17.9 Å². The van der Waals surface area contributed by atoms with Crippen LogP contribution in [-0.4, -0.2) is 16.3 Å². The first-order valence-corrected chi connectivity index (χ1v) is 7.59. The molecule has 2 fully saturated rings. The van der Waals surface area contributed by atoms with Crippen molar-refractivity contribution in [1.82, 2.24) is 4.90 Å². The van der Waals surface area contributed by atoms with Crippen molar-refractivity contribution in [2.75, 3.05) is 0 Å². The van der Waals surface area contributed by atoms with Crippen LogP contribution in [0.25, 0.3) is 0 Å². The van der Waals surface area contributed by atoms with Crippen LogP contribution in [0.3, 0.4) is 0 Å². The molecule has 0 N–H and O–H groups in total. The van der Waals surface area contributed by atoms with Crippen LogP contribution in [0.1, 0.15) is 31.2 Å². The molecule has 2 nitrogen and oxygen atoms in total. The lowest BCUT2D eigenvalue weighted by atomic mass is 9.94. The second kappa shape index (κ2) is 5.34. The third-order valence-corrected chi connectivity index (χ3v) is 5.06. The molecule has 0 spiro atoms. The highest BCUT2D eigenvalue weighted by molar-refractivity contribution is 6.62. The molecule has 4 heteroatoms. The van der Waals surface area contributed by atoms with Gasteiger partial charge >= 0.3 is 5.37 Å². The van der Waals surface area contributed by atoms with Crippen LogP contribution in [0, 0.1) is 11.8 Å². The van der Waals surface area contributed by atoms with Gasteiger partial charge in [-0.1, -0.05) is 30.2 Å². The maximum atomic E-state index is 11.7. The Labute approximate surface area is 123 Å². The van der Waals surface area contributed by atoms with Crippen molar-refractivity contribution in [3.8, 4) is 0 Å². The smallest absolute Gasteiger partial charge is 0.316 e. The topological polar surface area (TPSA) is 20.3 Å². The number of hydrogen-bond donors (Lipinski definition) is 0. The molecular formula is C15H17Cl2NO. The predicted molar refractivity (Wildman–Crippen MR) is 77.5 cm³/mol. The number of halogens is 2. The zero-order chi connectivity index (χ0) is 13.4. The van der Waals surface area contributed by atoms with Crippen LogP contribution >= 0.6 is 23.2 Å². The molecule has 2 saturated carbocycles. The minimum absolute atomic E-state index is 0.326. The van der Waals surface area contributed by atoms with Gasteiger partial charge in [-0.05, 0) is 60.4 Å². The highest BCUT2D eigenvalue weighted by Crippen LogP contribution is 2.47. The minimum atomic E-state index is -0.326. The monoisotopic (exact) mass is 297 g/mol. The van der Waals surface area contributed by atoms with Crippen LogP contribution in [-0.2, 0) is 6.54 Å². The molecule has 2 aliphatic rings. The van der Waals surface area contributed by atoms with Crippen molar-refractivity contribution in [3.05, 3.63) is 34.9 Å². The van der Waals surface area contributed by atoms with Gasteiger partial charge in [-0.15, -0.1) is 0 Å².